The summed E-state index contributed by atoms with van der Waals surface area (Å²) in [6.45, 7) is 2.80. The molecular formula is C18H23ClN2O. The molecule has 1 N–H and O–H groups in total. The van der Waals surface area contributed by atoms with Gasteiger partial charge in [0, 0.05) is 13.1 Å². The predicted octanol–water partition coefficient (Wildman–Crippen LogP) is 2.87. The van der Waals surface area contributed by atoms with Gasteiger partial charge in [0.15, 0.2) is 0 Å². The van der Waals surface area contributed by atoms with Crippen LogP contribution in [-0.2, 0) is 11.2 Å². The maximum Gasteiger partial charge on any atom is 0.226 e. The summed E-state index contributed by atoms with van der Waals surface area (Å²) in [6.07, 6.45) is 1.63. The number of rotatable bonds is 4. The number of hydrogen-bond donors (Lipinski definition) is 1. The van der Waals surface area contributed by atoms with Crippen LogP contribution >= 0.6 is 12.4 Å². The van der Waals surface area contributed by atoms with Crippen molar-refractivity contribution in [2.75, 3.05) is 26.7 Å². The van der Waals surface area contributed by atoms with Crippen molar-refractivity contribution < 1.29 is 4.79 Å². The second kappa shape index (κ2) is 7.61. The molecule has 1 amide bonds. The average Bonchev–Trinajstić information content (AvgIpc) is 2.96. The van der Waals surface area contributed by atoms with E-state index in [-0.39, 0.29) is 18.3 Å². The molecule has 2 aromatic carbocycles. The van der Waals surface area contributed by atoms with Gasteiger partial charge in [-0.05, 0) is 42.3 Å². The molecule has 1 unspecified atom stereocenters. The molecule has 4 heteroatoms. The first-order valence-corrected chi connectivity index (χ1v) is 7.66. The molecule has 22 heavy (non-hydrogen) atoms. The molecule has 3 rings (SSSR count). The minimum Gasteiger partial charge on any atom is -0.342 e. The van der Waals surface area contributed by atoms with Gasteiger partial charge in [0.25, 0.3) is 0 Å². The van der Waals surface area contributed by atoms with E-state index in [1.54, 1.807) is 0 Å². The van der Waals surface area contributed by atoms with Crippen LogP contribution < -0.4 is 5.32 Å². The molecule has 0 saturated carbocycles. The van der Waals surface area contributed by atoms with Gasteiger partial charge in [-0.25, -0.2) is 0 Å². The van der Waals surface area contributed by atoms with Crippen LogP contribution in [0.5, 0.6) is 0 Å². The zero-order valence-electron chi connectivity index (χ0n) is 12.9. The van der Waals surface area contributed by atoms with Gasteiger partial charge < -0.3 is 10.2 Å². The zero-order chi connectivity index (χ0) is 14.7. The van der Waals surface area contributed by atoms with E-state index in [9.17, 15) is 4.79 Å². The van der Waals surface area contributed by atoms with E-state index in [0.29, 0.717) is 12.3 Å². The Morgan fingerprint density at radius 3 is 2.77 bits per heavy atom. The van der Waals surface area contributed by atoms with Crippen molar-refractivity contribution in [3.8, 4) is 0 Å². The summed E-state index contributed by atoms with van der Waals surface area (Å²) in [7, 11) is 1.97. The minimum absolute atomic E-state index is 0. The number of amides is 1. The molecule has 1 atom stereocenters. The first kappa shape index (κ1) is 16.8. The Kier molecular flexibility index (Phi) is 5.81. The highest BCUT2D eigenvalue weighted by molar-refractivity contribution is 5.86. The molecule has 0 radical (unpaired) electrons. The number of carbonyl (C=O) groups is 1. The Bertz CT molecular complexity index is 644. The molecule has 1 aliphatic rings. The van der Waals surface area contributed by atoms with Crippen LogP contribution in [0, 0.1) is 5.92 Å². The smallest absolute Gasteiger partial charge is 0.226 e. The monoisotopic (exact) mass is 318 g/mol. The molecule has 2 aromatic rings. The van der Waals surface area contributed by atoms with Crippen molar-refractivity contribution in [2.45, 2.75) is 12.8 Å². The van der Waals surface area contributed by atoms with Crippen LogP contribution in [0.2, 0.25) is 0 Å². The number of likely N-dealkylation sites (tertiary alicyclic amines) is 1. The van der Waals surface area contributed by atoms with Crippen LogP contribution in [0.25, 0.3) is 10.8 Å². The van der Waals surface area contributed by atoms with E-state index in [4.69, 9.17) is 0 Å². The average molecular weight is 319 g/mol. The van der Waals surface area contributed by atoms with Gasteiger partial charge >= 0.3 is 0 Å². The maximum atomic E-state index is 12.4. The van der Waals surface area contributed by atoms with Gasteiger partial charge in [-0.1, -0.05) is 42.5 Å². The first-order valence-electron chi connectivity index (χ1n) is 7.66. The Balaban J connectivity index is 0.00000176. The van der Waals surface area contributed by atoms with Crippen molar-refractivity contribution in [3.63, 3.8) is 0 Å². The fourth-order valence-corrected chi connectivity index (χ4v) is 3.15. The van der Waals surface area contributed by atoms with E-state index in [1.165, 1.54) is 10.8 Å². The highest BCUT2D eigenvalue weighted by Gasteiger charge is 2.25. The number of nitrogens with zero attached hydrogens (tertiary/aromatic N) is 1. The first-order chi connectivity index (χ1) is 10.3. The number of carbonyl (C=O) groups excluding carboxylic acids is 1. The third kappa shape index (κ3) is 3.79. The van der Waals surface area contributed by atoms with Crippen molar-refractivity contribution >= 4 is 29.1 Å². The van der Waals surface area contributed by atoms with Gasteiger partial charge in [-0.3, -0.25) is 4.79 Å². The lowest BCUT2D eigenvalue weighted by Gasteiger charge is -2.16. The third-order valence-corrected chi connectivity index (χ3v) is 4.30. The summed E-state index contributed by atoms with van der Waals surface area (Å²) in [5, 5.41) is 5.63. The van der Waals surface area contributed by atoms with E-state index >= 15 is 0 Å². The van der Waals surface area contributed by atoms with Gasteiger partial charge in [0.1, 0.15) is 0 Å². The van der Waals surface area contributed by atoms with E-state index in [0.717, 1.165) is 31.6 Å². The number of halogens is 1. The normalized spacial score (nSPS) is 17.5. The van der Waals surface area contributed by atoms with Gasteiger partial charge in [-0.2, -0.15) is 0 Å². The molecule has 1 aliphatic heterocycles. The fraction of sp³-hybridized carbons (Fsp3) is 0.389. The minimum atomic E-state index is 0. The highest BCUT2D eigenvalue weighted by atomic mass is 35.5. The van der Waals surface area contributed by atoms with Crippen LogP contribution in [0.4, 0.5) is 0 Å². The highest BCUT2D eigenvalue weighted by Crippen LogP contribution is 2.19. The Hall–Kier alpha value is -1.58. The standard InChI is InChI=1S/C18H22N2O.ClH/c1-19-12-15-8-9-20(13-15)18(21)11-14-6-7-16-4-2-3-5-17(16)10-14;/h2-7,10,15,19H,8-9,11-13H2,1H3;1H. The predicted molar refractivity (Wildman–Crippen MR) is 93.5 cm³/mol. The summed E-state index contributed by atoms with van der Waals surface area (Å²) >= 11 is 0. The maximum absolute atomic E-state index is 12.4. The van der Waals surface area contributed by atoms with Crippen LogP contribution in [0.1, 0.15) is 12.0 Å². The van der Waals surface area contributed by atoms with Gasteiger partial charge in [-0.15, -0.1) is 12.4 Å². The number of nitrogens with one attached hydrogen (secondary N) is 1. The number of fused-ring (bicyclic) bond motifs is 1. The third-order valence-electron chi connectivity index (χ3n) is 4.30. The molecule has 118 valence electrons. The second-order valence-electron chi connectivity index (χ2n) is 5.91. The number of benzene rings is 2. The quantitative estimate of drug-likeness (QED) is 0.940. The summed E-state index contributed by atoms with van der Waals surface area (Å²) in [5.41, 5.74) is 1.11. The molecule has 1 heterocycles. The lowest BCUT2D eigenvalue weighted by molar-refractivity contribution is -0.129. The van der Waals surface area contributed by atoms with Gasteiger partial charge in [0.2, 0.25) is 5.91 Å². The topological polar surface area (TPSA) is 32.3 Å². The molecule has 0 aliphatic carbocycles. The van der Waals surface area contributed by atoms with Gasteiger partial charge in [0.05, 0.1) is 6.42 Å². The number of hydrogen-bond acceptors (Lipinski definition) is 2. The lowest BCUT2D eigenvalue weighted by atomic mass is 10.0. The summed E-state index contributed by atoms with van der Waals surface area (Å²) in [6, 6.07) is 14.6. The lowest BCUT2D eigenvalue weighted by Crippen LogP contribution is -2.31. The summed E-state index contributed by atoms with van der Waals surface area (Å²) < 4.78 is 0. The SMILES string of the molecule is CNCC1CCN(C(=O)Cc2ccc3ccccc3c2)C1.Cl. The molecule has 0 aromatic heterocycles. The largest absolute Gasteiger partial charge is 0.342 e. The molecular weight excluding hydrogens is 296 g/mol. The van der Waals surface area contributed by atoms with Crippen LogP contribution in [-0.4, -0.2) is 37.5 Å². The summed E-state index contributed by atoms with van der Waals surface area (Å²) in [4.78, 5) is 14.4. The van der Waals surface area contributed by atoms with E-state index in [2.05, 4.69) is 35.6 Å². The Morgan fingerprint density at radius 1 is 1.23 bits per heavy atom. The molecule has 0 spiro atoms. The Labute approximate surface area is 138 Å². The van der Waals surface area contributed by atoms with Crippen molar-refractivity contribution in [2.24, 2.45) is 5.92 Å². The summed E-state index contributed by atoms with van der Waals surface area (Å²) in [5.74, 6) is 0.861. The zero-order valence-corrected chi connectivity index (χ0v) is 13.7. The van der Waals surface area contributed by atoms with Crippen molar-refractivity contribution in [1.82, 2.24) is 10.2 Å². The second-order valence-corrected chi connectivity index (χ2v) is 5.91. The molecule has 1 fully saturated rings. The van der Waals surface area contributed by atoms with E-state index < -0.39 is 0 Å². The Morgan fingerprint density at radius 2 is 2.00 bits per heavy atom. The fourth-order valence-electron chi connectivity index (χ4n) is 3.15. The van der Waals surface area contributed by atoms with Crippen molar-refractivity contribution in [3.05, 3.63) is 48.0 Å². The van der Waals surface area contributed by atoms with Crippen LogP contribution in [0.15, 0.2) is 42.5 Å². The van der Waals surface area contributed by atoms with Crippen molar-refractivity contribution in [1.29, 1.82) is 0 Å². The molecule has 3 nitrogen and oxygen atoms in total. The molecule has 0 bridgehead atoms. The van der Waals surface area contributed by atoms with E-state index in [1.807, 2.05) is 24.1 Å². The molecule has 1 saturated heterocycles. The van der Waals surface area contributed by atoms with Crippen LogP contribution in [0.3, 0.4) is 0 Å².